The normalized spacial score (nSPS) is 12.4. The van der Waals surface area contributed by atoms with Gasteiger partial charge in [-0.2, -0.15) is 0 Å². The van der Waals surface area contributed by atoms with Crippen LogP contribution in [-0.2, 0) is 22.6 Å². The fourth-order valence-electron chi connectivity index (χ4n) is 4.05. The molecule has 0 fully saturated rings. The van der Waals surface area contributed by atoms with Crippen LogP contribution in [0.15, 0.2) is 78.9 Å². The van der Waals surface area contributed by atoms with Crippen LogP contribution in [0.2, 0.25) is 5.02 Å². The highest BCUT2D eigenvalue weighted by molar-refractivity contribution is 6.30. The molecular weight excluding hydrogens is 484 g/mol. The van der Waals surface area contributed by atoms with Crippen molar-refractivity contribution in [1.82, 2.24) is 10.2 Å². The van der Waals surface area contributed by atoms with Gasteiger partial charge in [-0.25, -0.2) is 0 Å². The number of amides is 2. The van der Waals surface area contributed by atoms with E-state index in [4.69, 9.17) is 16.3 Å². The fraction of sp³-hybridized carbons (Fsp3) is 0.355. The molecule has 0 saturated carbocycles. The molecule has 0 spiro atoms. The maximum absolute atomic E-state index is 13.7. The van der Waals surface area contributed by atoms with Gasteiger partial charge in [0, 0.05) is 30.5 Å². The molecular formula is C31H37ClN2O3. The SMILES string of the molecule is CC[C@@H](C)NC(=O)[C@@H](Cc1ccccc1)N(Cc1ccccc1C)C(=O)CCCOc1ccc(Cl)cc1. The van der Waals surface area contributed by atoms with Crippen molar-refractivity contribution in [2.24, 2.45) is 0 Å². The highest BCUT2D eigenvalue weighted by Gasteiger charge is 2.31. The number of rotatable bonds is 13. The molecule has 0 aromatic heterocycles. The summed E-state index contributed by atoms with van der Waals surface area (Å²) in [5, 5.41) is 3.76. The van der Waals surface area contributed by atoms with E-state index in [9.17, 15) is 9.59 Å². The number of nitrogens with one attached hydrogen (secondary N) is 1. The second-order valence-electron chi connectivity index (χ2n) is 9.38. The van der Waals surface area contributed by atoms with Crippen LogP contribution < -0.4 is 10.1 Å². The third-order valence-electron chi connectivity index (χ3n) is 6.49. The van der Waals surface area contributed by atoms with E-state index in [1.165, 1.54) is 0 Å². The Labute approximate surface area is 225 Å². The van der Waals surface area contributed by atoms with Crippen molar-refractivity contribution in [3.8, 4) is 5.75 Å². The van der Waals surface area contributed by atoms with Gasteiger partial charge in [0.15, 0.2) is 0 Å². The average molecular weight is 521 g/mol. The van der Waals surface area contributed by atoms with Gasteiger partial charge < -0.3 is 15.0 Å². The highest BCUT2D eigenvalue weighted by atomic mass is 35.5. The summed E-state index contributed by atoms with van der Waals surface area (Å²) >= 11 is 5.94. The smallest absolute Gasteiger partial charge is 0.243 e. The maximum Gasteiger partial charge on any atom is 0.243 e. The number of hydrogen-bond acceptors (Lipinski definition) is 3. The summed E-state index contributed by atoms with van der Waals surface area (Å²) in [4.78, 5) is 29.0. The highest BCUT2D eigenvalue weighted by Crippen LogP contribution is 2.19. The van der Waals surface area contributed by atoms with Crippen molar-refractivity contribution in [3.05, 3.63) is 101 Å². The Bertz CT molecular complexity index is 1130. The topological polar surface area (TPSA) is 58.6 Å². The molecule has 0 bridgehead atoms. The summed E-state index contributed by atoms with van der Waals surface area (Å²) in [7, 11) is 0. The lowest BCUT2D eigenvalue weighted by molar-refractivity contribution is -0.141. The van der Waals surface area contributed by atoms with Crippen LogP contribution in [0.1, 0.15) is 49.8 Å². The van der Waals surface area contributed by atoms with Gasteiger partial charge in [-0.05, 0) is 67.6 Å². The largest absolute Gasteiger partial charge is 0.494 e. The molecule has 196 valence electrons. The van der Waals surface area contributed by atoms with Crippen LogP contribution >= 0.6 is 11.6 Å². The van der Waals surface area contributed by atoms with Crippen LogP contribution in [0.3, 0.4) is 0 Å². The van der Waals surface area contributed by atoms with E-state index in [0.717, 1.165) is 23.1 Å². The Morgan fingerprint density at radius 3 is 2.32 bits per heavy atom. The molecule has 1 N–H and O–H groups in total. The standard InChI is InChI=1S/C31H37ClN2O3/c1-4-24(3)33-31(36)29(21-25-12-6-5-7-13-25)34(22-26-14-9-8-11-23(26)2)30(35)15-10-20-37-28-18-16-27(32)17-19-28/h5-9,11-14,16-19,24,29H,4,10,15,20-22H2,1-3H3,(H,33,36)/t24-,29-/m1/s1. The van der Waals surface area contributed by atoms with Gasteiger partial charge in [-0.15, -0.1) is 0 Å². The Kier molecular flexibility index (Phi) is 11.0. The van der Waals surface area contributed by atoms with Crippen LogP contribution in [0.4, 0.5) is 0 Å². The third kappa shape index (κ3) is 8.94. The first kappa shape index (κ1) is 28.3. The monoisotopic (exact) mass is 520 g/mol. The lowest BCUT2D eigenvalue weighted by Gasteiger charge is -2.33. The summed E-state index contributed by atoms with van der Waals surface area (Å²) in [5.41, 5.74) is 3.13. The van der Waals surface area contributed by atoms with E-state index in [1.54, 1.807) is 17.0 Å². The van der Waals surface area contributed by atoms with E-state index in [-0.39, 0.29) is 24.3 Å². The van der Waals surface area contributed by atoms with Gasteiger partial charge in [0.05, 0.1) is 6.61 Å². The zero-order chi connectivity index (χ0) is 26.6. The minimum Gasteiger partial charge on any atom is -0.494 e. The molecule has 3 aromatic carbocycles. The van der Waals surface area contributed by atoms with Crippen LogP contribution in [0, 0.1) is 6.92 Å². The zero-order valence-electron chi connectivity index (χ0n) is 22.0. The molecule has 3 rings (SSSR count). The number of halogens is 1. The lowest BCUT2D eigenvalue weighted by Crippen LogP contribution is -2.52. The summed E-state index contributed by atoms with van der Waals surface area (Å²) in [6, 6.07) is 24.4. The van der Waals surface area contributed by atoms with Crippen molar-refractivity contribution >= 4 is 23.4 Å². The van der Waals surface area contributed by atoms with E-state index in [0.29, 0.717) is 36.8 Å². The number of ether oxygens (including phenoxy) is 1. The molecule has 0 heterocycles. The number of carbonyl (C=O) groups excluding carboxylic acids is 2. The zero-order valence-corrected chi connectivity index (χ0v) is 22.7. The number of aryl methyl sites for hydroxylation is 1. The Hall–Kier alpha value is -3.31. The predicted octanol–water partition coefficient (Wildman–Crippen LogP) is 6.36. The summed E-state index contributed by atoms with van der Waals surface area (Å²) in [5.74, 6) is 0.518. The van der Waals surface area contributed by atoms with Crippen LogP contribution in [0.25, 0.3) is 0 Å². The van der Waals surface area contributed by atoms with Crippen molar-refractivity contribution < 1.29 is 14.3 Å². The molecule has 0 aliphatic carbocycles. The first-order valence-corrected chi connectivity index (χ1v) is 13.3. The molecule has 2 amide bonds. The number of benzene rings is 3. The van der Waals surface area contributed by atoms with Crippen molar-refractivity contribution in [3.63, 3.8) is 0 Å². The first-order valence-electron chi connectivity index (χ1n) is 12.9. The first-order chi connectivity index (χ1) is 17.9. The summed E-state index contributed by atoms with van der Waals surface area (Å²) < 4.78 is 5.79. The van der Waals surface area contributed by atoms with E-state index in [1.807, 2.05) is 87.5 Å². The van der Waals surface area contributed by atoms with Gasteiger partial charge in [-0.3, -0.25) is 9.59 Å². The molecule has 37 heavy (non-hydrogen) atoms. The van der Waals surface area contributed by atoms with Gasteiger partial charge >= 0.3 is 0 Å². The minimum absolute atomic E-state index is 0.0222. The summed E-state index contributed by atoms with van der Waals surface area (Å²) in [6.07, 6.45) is 2.08. The number of nitrogens with zero attached hydrogens (tertiary/aromatic N) is 1. The maximum atomic E-state index is 13.7. The van der Waals surface area contributed by atoms with Gasteiger partial charge in [0.1, 0.15) is 11.8 Å². The van der Waals surface area contributed by atoms with Gasteiger partial charge in [-0.1, -0.05) is 73.1 Å². The second-order valence-corrected chi connectivity index (χ2v) is 9.81. The van der Waals surface area contributed by atoms with E-state index in [2.05, 4.69) is 5.32 Å². The Morgan fingerprint density at radius 1 is 0.973 bits per heavy atom. The lowest BCUT2D eigenvalue weighted by atomic mass is 10.0. The third-order valence-corrected chi connectivity index (χ3v) is 6.74. The predicted molar refractivity (Wildman–Crippen MR) is 150 cm³/mol. The molecule has 3 aromatic rings. The number of hydrogen-bond donors (Lipinski definition) is 1. The average Bonchev–Trinajstić information content (AvgIpc) is 2.91. The van der Waals surface area contributed by atoms with Gasteiger partial charge in [0.2, 0.25) is 11.8 Å². The quantitative estimate of drug-likeness (QED) is 0.267. The van der Waals surface area contributed by atoms with Crippen molar-refractivity contribution in [2.45, 2.75) is 65.1 Å². The molecule has 0 saturated heterocycles. The molecule has 2 atom stereocenters. The molecule has 0 aliphatic heterocycles. The fourth-order valence-corrected chi connectivity index (χ4v) is 4.18. The molecule has 0 unspecified atom stereocenters. The molecule has 0 radical (unpaired) electrons. The van der Waals surface area contributed by atoms with Crippen LogP contribution in [-0.4, -0.2) is 35.4 Å². The summed E-state index contributed by atoms with van der Waals surface area (Å²) in [6.45, 7) is 6.82. The van der Waals surface area contributed by atoms with Crippen molar-refractivity contribution in [2.75, 3.05) is 6.61 Å². The Morgan fingerprint density at radius 2 is 1.65 bits per heavy atom. The van der Waals surface area contributed by atoms with Crippen LogP contribution in [0.5, 0.6) is 5.75 Å². The second kappa shape index (κ2) is 14.4. The van der Waals surface area contributed by atoms with Crippen molar-refractivity contribution in [1.29, 1.82) is 0 Å². The van der Waals surface area contributed by atoms with E-state index < -0.39 is 6.04 Å². The molecule has 6 heteroatoms. The molecule has 0 aliphatic rings. The Balaban J connectivity index is 1.80. The van der Waals surface area contributed by atoms with E-state index >= 15 is 0 Å². The molecule has 5 nitrogen and oxygen atoms in total. The number of carbonyl (C=O) groups is 2. The van der Waals surface area contributed by atoms with Gasteiger partial charge in [0.25, 0.3) is 0 Å². The minimum atomic E-state index is -0.624.